The molecular formula is C19H20ClN9O3. The number of anilines is 1. The largest absolute Gasteiger partial charge is 0.387 e. The van der Waals surface area contributed by atoms with Gasteiger partial charge >= 0.3 is 0 Å². The lowest BCUT2D eigenvalue weighted by Gasteiger charge is -2.16. The number of ether oxygens (including phenoxy) is 1. The number of aliphatic hydroxyl groups excluding tert-OH is 2. The van der Waals surface area contributed by atoms with Crippen LogP contribution in [0.15, 0.2) is 36.9 Å². The summed E-state index contributed by atoms with van der Waals surface area (Å²) >= 11 is 6.05. The van der Waals surface area contributed by atoms with E-state index in [2.05, 4.69) is 35.7 Å². The quantitative estimate of drug-likeness (QED) is 0.384. The average molecular weight is 458 g/mol. The Labute approximate surface area is 186 Å². The molecular weight excluding hydrogens is 438 g/mol. The molecule has 4 aromatic rings. The van der Waals surface area contributed by atoms with Crippen LogP contribution < -0.4 is 5.32 Å². The van der Waals surface area contributed by atoms with Crippen LogP contribution in [-0.2, 0) is 17.8 Å². The minimum absolute atomic E-state index is 0.198. The van der Waals surface area contributed by atoms with Crippen LogP contribution in [0.25, 0.3) is 11.2 Å². The molecule has 0 radical (unpaired) electrons. The number of hydrogen-bond donors (Lipinski definition) is 3. The third-order valence-electron chi connectivity index (χ3n) is 5.23. The topological polar surface area (TPSA) is 149 Å². The van der Waals surface area contributed by atoms with E-state index in [1.165, 1.54) is 17.5 Å². The summed E-state index contributed by atoms with van der Waals surface area (Å²) in [4.78, 5) is 14.4. The molecule has 0 amide bonds. The smallest absolute Gasteiger partial charge is 0.206 e. The summed E-state index contributed by atoms with van der Waals surface area (Å²) in [6.45, 7) is 2.88. The van der Waals surface area contributed by atoms with Crippen molar-refractivity contribution in [2.75, 3.05) is 5.32 Å². The van der Waals surface area contributed by atoms with Gasteiger partial charge in [0.2, 0.25) is 5.82 Å². The van der Waals surface area contributed by atoms with Gasteiger partial charge in [-0.05, 0) is 29.8 Å². The first-order valence-corrected chi connectivity index (χ1v) is 10.4. The Balaban J connectivity index is 1.40. The van der Waals surface area contributed by atoms with Crippen molar-refractivity contribution in [1.29, 1.82) is 0 Å². The molecule has 5 rings (SSSR count). The first kappa shape index (κ1) is 20.7. The number of aliphatic hydroxyl groups is 2. The highest BCUT2D eigenvalue weighted by molar-refractivity contribution is 6.30. The van der Waals surface area contributed by atoms with Gasteiger partial charge in [0.25, 0.3) is 0 Å². The van der Waals surface area contributed by atoms with Gasteiger partial charge in [-0.25, -0.2) is 15.0 Å². The molecule has 1 fully saturated rings. The van der Waals surface area contributed by atoms with Crippen molar-refractivity contribution in [1.82, 2.24) is 39.7 Å². The van der Waals surface area contributed by atoms with E-state index in [-0.39, 0.29) is 5.82 Å². The molecule has 12 nitrogen and oxygen atoms in total. The minimum Gasteiger partial charge on any atom is -0.387 e. The molecule has 0 unspecified atom stereocenters. The molecule has 4 atom stereocenters. The highest BCUT2D eigenvalue weighted by Gasteiger charge is 2.47. The van der Waals surface area contributed by atoms with Crippen LogP contribution in [0, 0.1) is 0 Å². The lowest BCUT2D eigenvalue weighted by atomic mass is 10.1. The second-order valence-electron chi connectivity index (χ2n) is 7.29. The van der Waals surface area contributed by atoms with Gasteiger partial charge < -0.3 is 20.3 Å². The number of tetrazole rings is 1. The Kier molecular flexibility index (Phi) is 5.43. The highest BCUT2D eigenvalue weighted by Crippen LogP contribution is 2.38. The molecule has 3 aromatic heterocycles. The number of nitrogens with zero attached hydrogens (tertiary/aromatic N) is 8. The van der Waals surface area contributed by atoms with Crippen LogP contribution in [-0.4, -0.2) is 62.1 Å². The predicted octanol–water partition coefficient (Wildman–Crippen LogP) is 1.09. The van der Waals surface area contributed by atoms with Crippen LogP contribution in [0.2, 0.25) is 5.02 Å². The van der Waals surface area contributed by atoms with Crippen molar-refractivity contribution >= 4 is 28.6 Å². The third kappa shape index (κ3) is 3.66. The number of aryl methyl sites for hydroxylation is 1. The summed E-state index contributed by atoms with van der Waals surface area (Å²) in [7, 11) is 0. The average Bonchev–Trinajstić information content (AvgIpc) is 3.51. The van der Waals surface area contributed by atoms with E-state index in [0.29, 0.717) is 35.1 Å². The number of imidazole rings is 1. The second-order valence-corrected chi connectivity index (χ2v) is 7.73. The fourth-order valence-corrected chi connectivity index (χ4v) is 3.82. The van der Waals surface area contributed by atoms with Crippen molar-refractivity contribution in [3.8, 4) is 0 Å². The molecule has 166 valence electrons. The minimum atomic E-state index is -1.25. The first-order chi connectivity index (χ1) is 15.5. The Morgan fingerprint density at radius 1 is 1.19 bits per heavy atom. The van der Waals surface area contributed by atoms with E-state index >= 15 is 0 Å². The predicted molar refractivity (Wildman–Crippen MR) is 112 cm³/mol. The molecule has 0 saturated carbocycles. The third-order valence-corrected chi connectivity index (χ3v) is 5.46. The standard InChI is InChI=1S/C19H20ClN9O3/c1-2-29-26-17(25-27-29)15-13(30)14(31)19(32-15)28-9-24-12-16(22-8-23-18(12)28)21-7-10-4-3-5-11(20)6-10/h3-6,8-9,13-15,19,30-31H,2,7H2,1H3,(H,21,22,23)/t13-,14+,15-,19+/m0/s1. The van der Waals surface area contributed by atoms with Crippen LogP contribution in [0.5, 0.6) is 0 Å². The monoisotopic (exact) mass is 457 g/mol. The van der Waals surface area contributed by atoms with Gasteiger partial charge in [0, 0.05) is 11.6 Å². The maximum atomic E-state index is 10.7. The summed E-state index contributed by atoms with van der Waals surface area (Å²) in [6, 6.07) is 7.49. The molecule has 0 aliphatic carbocycles. The fraction of sp³-hybridized carbons (Fsp3) is 0.368. The second kappa shape index (κ2) is 8.39. The van der Waals surface area contributed by atoms with Gasteiger partial charge in [-0.2, -0.15) is 4.80 Å². The van der Waals surface area contributed by atoms with E-state index < -0.39 is 24.5 Å². The molecule has 1 aromatic carbocycles. The van der Waals surface area contributed by atoms with Gasteiger partial charge in [-0.15, -0.1) is 10.2 Å². The van der Waals surface area contributed by atoms with Crippen molar-refractivity contribution in [2.45, 2.75) is 44.6 Å². The zero-order valence-corrected chi connectivity index (χ0v) is 17.7. The summed E-state index contributed by atoms with van der Waals surface area (Å²) in [5.41, 5.74) is 1.92. The van der Waals surface area contributed by atoms with E-state index in [1.807, 2.05) is 31.2 Å². The number of fused-ring (bicyclic) bond motifs is 1. The maximum absolute atomic E-state index is 10.7. The van der Waals surface area contributed by atoms with Crippen LogP contribution in [0.4, 0.5) is 5.82 Å². The lowest BCUT2D eigenvalue weighted by Crippen LogP contribution is -2.29. The molecule has 0 bridgehead atoms. The van der Waals surface area contributed by atoms with E-state index in [0.717, 1.165) is 5.56 Å². The van der Waals surface area contributed by atoms with Crippen molar-refractivity contribution < 1.29 is 14.9 Å². The molecule has 32 heavy (non-hydrogen) atoms. The molecule has 0 spiro atoms. The number of benzene rings is 1. The lowest BCUT2D eigenvalue weighted by molar-refractivity contribution is -0.0384. The summed E-state index contributed by atoms with van der Waals surface area (Å²) < 4.78 is 7.47. The molecule has 1 saturated heterocycles. The van der Waals surface area contributed by atoms with Crippen molar-refractivity contribution in [3.63, 3.8) is 0 Å². The normalized spacial score (nSPS) is 23.1. The Bertz CT molecular complexity index is 1250. The number of rotatable bonds is 6. The zero-order chi connectivity index (χ0) is 22.2. The van der Waals surface area contributed by atoms with Crippen LogP contribution >= 0.6 is 11.6 Å². The highest BCUT2D eigenvalue weighted by atomic mass is 35.5. The van der Waals surface area contributed by atoms with Gasteiger partial charge in [0.1, 0.15) is 18.5 Å². The molecule has 4 heterocycles. The van der Waals surface area contributed by atoms with Gasteiger partial charge in [0.15, 0.2) is 29.3 Å². The van der Waals surface area contributed by atoms with Crippen molar-refractivity contribution in [3.05, 3.63) is 53.3 Å². The Hall–Kier alpha value is -3.19. The number of halogens is 1. The van der Waals surface area contributed by atoms with Gasteiger partial charge in [0.05, 0.1) is 12.9 Å². The molecule has 3 N–H and O–H groups in total. The Morgan fingerprint density at radius 2 is 2.06 bits per heavy atom. The fourth-order valence-electron chi connectivity index (χ4n) is 3.61. The maximum Gasteiger partial charge on any atom is 0.206 e. The molecule has 1 aliphatic rings. The van der Waals surface area contributed by atoms with E-state index in [1.54, 1.807) is 4.57 Å². The Morgan fingerprint density at radius 3 is 2.84 bits per heavy atom. The van der Waals surface area contributed by atoms with Crippen LogP contribution in [0.1, 0.15) is 30.6 Å². The summed E-state index contributed by atoms with van der Waals surface area (Å²) in [5, 5.41) is 37.1. The van der Waals surface area contributed by atoms with E-state index in [9.17, 15) is 10.2 Å². The number of hydrogen-bond acceptors (Lipinski definition) is 10. The molecule has 13 heteroatoms. The number of nitrogens with one attached hydrogen (secondary N) is 1. The van der Waals surface area contributed by atoms with Crippen LogP contribution in [0.3, 0.4) is 0 Å². The van der Waals surface area contributed by atoms with Gasteiger partial charge in [-0.3, -0.25) is 4.57 Å². The first-order valence-electron chi connectivity index (χ1n) is 10.00. The van der Waals surface area contributed by atoms with Crippen molar-refractivity contribution in [2.24, 2.45) is 0 Å². The summed E-state index contributed by atoms with van der Waals surface area (Å²) in [6.07, 6.45) is -1.48. The summed E-state index contributed by atoms with van der Waals surface area (Å²) in [5.74, 6) is 0.717. The zero-order valence-electron chi connectivity index (χ0n) is 16.9. The number of aromatic nitrogens is 8. The van der Waals surface area contributed by atoms with E-state index in [4.69, 9.17) is 16.3 Å². The van der Waals surface area contributed by atoms with Gasteiger partial charge in [-0.1, -0.05) is 23.7 Å². The molecule has 1 aliphatic heterocycles. The SMILES string of the molecule is CCn1nnc([C@H]2O[C@@H](n3cnc4c(NCc5cccc(Cl)c5)ncnc43)[C@H](O)[C@@H]2O)n1.